The number of rotatable bonds is 1. The lowest BCUT2D eigenvalue weighted by Crippen LogP contribution is -2.00. The minimum absolute atomic E-state index is 0.426. The van der Waals surface area contributed by atoms with Gasteiger partial charge in [0.1, 0.15) is 12.7 Å². The Morgan fingerprint density at radius 3 is 2.60 bits per heavy atom. The van der Waals surface area contributed by atoms with Crippen LogP contribution in [-0.4, -0.2) is 18.9 Å². The Bertz CT molecular complexity index is 247. The van der Waals surface area contributed by atoms with E-state index in [0.29, 0.717) is 4.88 Å². The van der Waals surface area contributed by atoms with Crippen LogP contribution in [0.4, 0.5) is 0 Å². The van der Waals surface area contributed by atoms with E-state index in [1.165, 1.54) is 11.3 Å². The van der Waals surface area contributed by atoms with Crippen molar-refractivity contribution >= 4 is 30.6 Å². The molecule has 0 aliphatic heterocycles. The summed E-state index contributed by atoms with van der Waals surface area (Å²) in [5.74, 6) is -0.832. The fraction of sp³-hybridized carbons (Fsp3) is 0.167. The zero-order valence-electron chi connectivity index (χ0n) is 5.84. The highest BCUT2D eigenvalue weighted by Crippen LogP contribution is 2.11. The predicted molar refractivity (Wildman–Crippen MR) is 44.2 cm³/mol. The molecule has 0 aliphatic carbocycles. The van der Waals surface area contributed by atoms with Crippen molar-refractivity contribution in [1.82, 2.24) is 0 Å². The van der Waals surface area contributed by atoms with Crippen molar-refractivity contribution in [2.24, 2.45) is 0 Å². The summed E-state index contributed by atoms with van der Waals surface area (Å²) >= 11 is 1.32. The first-order valence-corrected chi connectivity index (χ1v) is 3.73. The van der Waals surface area contributed by atoms with E-state index in [1.54, 1.807) is 6.07 Å². The number of carbonyl (C=O) groups is 1. The molecule has 0 radical (unpaired) electrons. The largest absolute Gasteiger partial charge is 0.477 e. The van der Waals surface area contributed by atoms with E-state index in [9.17, 15) is 4.79 Å². The average Bonchev–Trinajstić information content (AvgIpc) is 2.13. The van der Waals surface area contributed by atoms with Crippen LogP contribution in [0.15, 0.2) is 6.07 Å². The fourth-order valence-corrected chi connectivity index (χ4v) is 1.55. The van der Waals surface area contributed by atoms with E-state index in [4.69, 9.17) is 5.11 Å². The van der Waals surface area contributed by atoms with Gasteiger partial charge in [-0.15, -0.1) is 11.3 Å². The average molecular weight is 154 g/mol. The summed E-state index contributed by atoms with van der Waals surface area (Å²) in [4.78, 5) is 11.9. The summed E-state index contributed by atoms with van der Waals surface area (Å²) in [7, 11) is 1.91. The lowest BCUT2D eigenvalue weighted by atomic mass is 9.97. The van der Waals surface area contributed by atoms with Gasteiger partial charge in [-0.1, -0.05) is 5.46 Å². The summed E-state index contributed by atoms with van der Waals surface area (Å²) in [6, 6.07) is 1.70. The molecule has 0 unspecified atom stereocenters. The van der Waals surface area contributed by atoms with Crippen LogP contribution in [0, 0.1) is 6.92 Å². The Labute approximate surface area is 63.9 Å². The van der Waals surface area contributed by atoms with E-state index in [-0.39, 0.29) is 0 Å². The van der Waals surface area contributed by atoms with Crippen molar-refractivity contribution in [3.05, 3.63) is 15.8 Å². The second-order valence-electron chi connectivity index (χ2n) is 2.16. The molecule has 0 bridgehead atoms. The zero-order valence-corrected chi connectivity index (χ0v) is 6.66. The first-order chi connectivity index (χ1) is 4.61. The van der Waals surface area contributed by atoms with Crippen LogP contribution in [0.3, 0.4) is 0 Å². The molecule has 0 amide bonds. The van der Waals surface area contributed by atoms with Crippen LogP contribution in [0.5, 0.6) is 0 Å². The number of hydrogen-bond donors (Lipinski definition) is 1. The molecule has 0 fully saturated rings. The van der Waals surface area contributed by atoms with Crippen molar-refractivity contribution in [2.75, 3.05) is 0 Å². The highest BCUT2D eigenvalue weighted by Gasteiger charge is 2.06. The van der Waals surface area contributed by atoms with Gasteiger partial charge >= 0.3 is 5.97 Å². The molecular weight excluding hydrogens is 147 g/mol. The van der Waals surface area contributed by atoms with Gasteiger partial charge in [-0.3, -0.25) is 0 Å². The number of aromatic carboxylic acids is 1. The SMILES string of the molecule is Bc1cc(C(=O)O)sc1C. The van der Waals surface area contributed by atoms with Gasteiger partial charge in [0, 0.05) is 0 Å². The quantitative estimate of drug-likeness (QED) is 0.578. The molecule has 0 saturated carbocycles. The van der Waals surface area contributed by atoms with Crippen molar-refractivity contribution in [2.45, 2.75) is 6.92 Å². The topological polar surface area (TPSA) is 37.3 Å². The van der Waals surface area contributed by atoms with Gasteiger partial charge in [0.2, 0.25) is 0 Å². The van der Waals surface area contributed by atoms with Crippen LogP contribution in [0.1, 0.15) is 14.5 Å². The normalized spacial score (nSPS) is 9.70. The molecule has 1 heterocycles. The third kappa shape index (κ3) is 1.21. The van der Waals surface area contributed by atoms with Crippen LogP contribution in [0.2, 0.25) is 0 Å². The lowest BCUT2D eigenvalue weighted by molar-refractivity contribution is 0.0702. The highest BCUT2D eigenvalue weighted by molar-refractivity contribution is 7.14. The smallest absolute Gasteiger partial charge is 0.345 e. The van der Waals surface area contributed by atoms with E-state index in [2.05, 4.69) is 0 Å². The molecule has 0 aliphatic rings. The highest BCUT2D eigenvalue weighted by atomic mass is 32.1. The van der Waals surface area contributed by atoms with Crippen molar-refractivity contribution < 1.29 is 9.90 Å². The van der Waals surface area contributed by atoms with Gasteiger partial charge in [0.05, 0.1) is 0 Å². The standard InChI is InChI=1S/C6H7BO2S/c1-3-4(7)2-5(10-3)6(8)9/h2H,7H2,1H3,(H,8,9). The minimum Gasteiger partial charge on any atom is -0.477 e. The molecule has 4 heteroatoms. The van der Waals surface area contributed by atoms with Gasteiger partial charge in [0.15, 0.2) is 0 Å². The molecule has 0 saturated heterocycles. The number of hydrogen-bond acceptors (Lipinski definition) is 2. The van der Waals surface area contributed by atoms with Gasteiger partial charge in [-0.2, -0.15) is 0 Å². The van der Waals surface area contributed by atoms with Gasteiger partial charge in [0.25, 0.3) is 0 Å². The third-order valence-corrected chi connectivity index (χ3v) is 2.52. The molecule has 1 rings (SSSR count). The van der Waals surface area contributed by atoms with Crippen LogP contribution in [0.25, 0.3) is 0 Å². The van der Waals surface area contributed by atoms with Crippen LogP contribution >= 0.6 is 11.3 Å². The summed E-state index contributed by atoms with van der Waals surface area (Å²) < 4.78 is 0. The van der Waals surface area contributed by atoms with E-state index in [0.717, 1.165) is 10.3 Å². The molecule has 10 heavy (non-hydrogen) atoms. The number of thiophene rings is 1. The summed E-state index contributed by atoms with van der Waals surface area (Å²) in [5, 5.41) is 8.53. The monoisotopic (exact) mass is 154 g/mol. The summed E-state index contributed by atoms with van der Waals surface area (Å²) in [6.45, 7) is 1.92. The molecule has 0 atom stereocenters. The second kappa shape index (κ2) is 2.46. The third-order valence-electron chi connectivity index (χ3n) is 1.38. The number of aryl methyl sites for hydroxylation is 1. The molecule has 52 valence electrons. The van der Waals surface area contributed by atoms with Crippen molar-refractivity contribution in [3.63, 3.8) is 0 Å². The number of carboxylic acids is 1. The van der Waals surface area contributed by atoms with Gasteiger partial charge in [-0.05, 0) is 17.9 Å². The first kappa shape index (κ1) is 7.34. The minimum atomic E-state index is -0.832. The van der Waals surface area contributed by atoms with Crippen LogP contribution in [-0.2, 0) is 0 Å². The molecule has 0 spiro atoms. The van der Waals surface area contributed by atoms with Gasteiger partial charge in [-0.25, -0.2) is 4.79 Å². The predicted octanol–water partition coefficient (Wildman–Crippen LogP) is 0.0131. The molecule has 1 N–H and O–H groups in total. The molecule has 1 aromatic rings. The first-order valence-electron chi connectivity index (χ1n) is 2.91. The molecule has 2 nitrogen and oxygen atoms in total. The number of carboxylic acid groups (broad SMARTS) is 1. The van der Waals surface area contributed by atoms with E-state index >= 15 is 0 Å². The van der Waals surface area contributed by atoms with E-state index in [1.807, 2.05) is 14.8 Å². The van der Waals surface area contributed by atoms with Crippen LogP contribution < -0.4 is 5.46 Å². The van der Waals surface area contributed by atoms with Crippen molar-refractivity contribution in [1.29, 1.82) is 0 Å². The Morgan fingerprint density at radius 2 is 2.40 bits per heavy atom. The molecular formula is C6H7BO2S. The molecule has 1 aromatic heterocycles. The fourth-order valence-electron chi connectivity index (χ4n) is 0.679. The lowest BCUT2D eigenvalue weighted by Gasteiger charge is -1.80. The maximum absolute atomic E-state index is 10.4. The molecule has 0 aromatic carbocycles. The summed E-state index contributed by atoms with van der Waals surface area (Å²) in [6.07, 6.45) is 0. The second-order valence-corrected chi connectivity index (χ2v) is 3.41. The Kier molecular flexibility index (Phi) is 1.81. The van der Waals surface area contributed by atoms with E-state index < -0.39 is 5.97 Å². The Morgan fingerprint density at radius 1 is 1.80 bits per heavy atom. The van der Waals surface area contributed by atoms with Crippen molar-refractivity contribution in [3.8, 4) is 0 Å². The zero-order chi connectivity index (χ0) is 7.72. The Balaban J connectivity index is 3.10. The summed E-state index contributed by atoms with van der Waals surface area (Å²) in [5.41, 5.74) is 1.06. The Hall–Kier alpha value is -0.765. The maximum Gasteiger partial charge on any atom is 0.345 e. The van der Waals surface area contributed by atoms with Gasteiger partial charge < -0.3 is 5.11 Å². The maximum atomic E-state index is 10.4.